The minimum absolute atomic E-state index is 0.306. The Labute approximate surface area is 184 Å². The zero-order valence-electron chi connectivity index (χ0n) is 18.4. The van der Waals surface area contributed by atoms with Crippen LogP contribution in [-0.2, 0) is 17.7 Å². The Balaban J connectivity index is 1.62. The van der Waals surface area contributed by atoms with Crippen molar-refractivity contribution >= 4 is 11.8 Å². The molecule has 31 heavy (non-hydrogen) atoms. The van der Waals surface area contributed by atoms with E-state index in [9.17, 15) is 4.79 Å². The van der Waals surface area contributed by atoms with Crippen molar-refractivity contribution in [2.24, 2.45) is 0 Å². The molecule has 0 aliphatic heterocycles. The molecule has 0 aliphatic carbocycles. The number of anilines is 1. The molecule has 3 aromatic rings. The van der Waals surface area contributed by atoms with Gasteiger partial charge in [-0.15, -0.1) is 0 Å². The van der Waals surface area contributed by atoms with Gasteiger partial charge in [-0.1, -0.05) is 42.5 Å². The fraction of sp³-hybridized carbons (Fsp3) is 0.269. The number of carbonyl (C=O) groups excluding carboxylic acids is 1. The molecule has 0 fully saturated rings. The molecule has 5 nitrogen and oxygen atoms in total. The summed E-state index contributed by atoms with van der Waals surface area (Å²) in [5.41, 5.74) is 8.06. The smallest absolute Gasteiger partial charge is 0.410 e. The molecule has 0 saturated carbocycles. The SMILES string of the molecule is CC(C)(C)OC(=O)N(CCc1ccc(Oc2ccc(N)cc2)cc1)Cc1ccccc1. The van der Waals surface area contributed by atoms with Gasteiger partial charge in [-0.05, 0) is 74.7 Å². The molecule has 0 saturated heterocycles. The molecule has 0 spiro atoms. The van der Waals surface area contributed by atoms with Crippen molar-refractivity contribution in [3.63, 3.8) is 0 Å². The van der Waals surface area contributed by atoms with Crippen molar-refractivity contribution in [1.82, 2.24) is 4.90 Å². The first-order valence-corrected chi connectivity index (χ1v) is 10.4. The Morgan fingerprint density at radius 2 is 1.42 bits per heavy atom. The van der Waals surface area contributed by atoms with Crippen LogP contribution < -0.4 is 10.5 Å². The van der Waals surface area contributed by atoms with E-state index in [1.165, 1.54) is 0 Å². The van der Waals surface area contributed by atoms with Crippen LogP contribution in [0.5, 0.6) is 11.5 Å². The standard InChI is InChI=1S/C26H30N2O3/c1-26(2,3)31-25(29)28(19-21-7-5-4-6-8-21)18-17-20-9-13-23(14-10-20)30-24-15-11-22(27)12-16-24/h4-16H,17-19,27H2,1-3H3. The molecule has 1 amide bonds. The van der Waals surface area contributed by atoms with E-state index in [1.54, 1.807) is 4.90 Å². The van der Waals surface area contributed by atoms with Crippen LogP contribution in [0.4, 0.5) is 10.5 Å². The lowest BCUT2D eigenvalue weighted by Gasteiger charge is -2.27. The molecule has 0 heterocycles. The van der Waals surface area contributed by atoms with Crippen molar-refractivity contribution in [3.8, 4) is 11.5 Å². The van der Waals surface area contributed by atoms with Crippen LogP contribution in [0.15, 0.2) is 78.9 Å². The van der Waals surface area contributed by atoms with E-state index < -0.39 is 5.60 Å². The average molecular weight is 419 g/mol. The van der Waals surface area contributed by atoms with Crippen LogP contribution in [0.1, 0.15) is 31.9 Å². The van der Waals surface area contributed by atoms with Crippen molar-refractivity contribution in [1.29, 1.82) is 0 Å². The van der Waals surface area contributed by atoms with Crippen molar-refractivity contribution in [2.45, 2.75) is 39.3 Å². The van der Waals surface area contributed by atoms with Gasteiger partial charge in [0.05, 0.1) is 0 Å². The molecule has 3 aromatic carbocycles. The molecule has 2 N–H and O–H groups in total. The lowest BCUT2D eigenvalue weighted by molar-refractivity contribution is 0.0236. The topological polar surface area (TPSA) is 64.8 Å². The number of nitrogen functional groups attached to an aromatic ring is 1. The highest BCUT2D eigenvalue weighted by molar-refractivity contribution is 5.68. The number of nitrogens with zero attached hydrogens (tertiary/aromatic N) is 1. The van der Waals surface area contributed by atoms with Crippen LogP contribution in [0, 0.1) is 0 Å². The lowest BCUT2D eigenvalue weighted by Crippen LogP contribution is -2.37. The molecular weight excluding hydrogens is 388 g/mol. The van der Waals surface area contributed by atoms with Crippen molar-refractivity contribution in [3.05, 3.63) is 90.0 Å². The summed E-state index contributed by atoms with van der Waals surface area (Å²) in [4.78, 5) is 14.5. The highest BCUT2D eigenvalue weighted by Crippen LogP contribution is 2.23. The van der Waals surface area contributed by atoms with Crippen molar-refractivity contribution < 1.29 is 14.3 Å². The number of carbonyl (C=O) groups is 1. The first-order valence-electron chi connectivity index (χ1n) is 10.4. The fourth-order valence-corrected chi connectivity index (χ4v) is 3.03. The van der Waals surface area contributed by atoms with Crippen LogP contribution in [0.25, 0.3) is 0 Å². The third-order valence-corrected chi connectivity index (χ3v) is 4.58. The van der Waals surface area contributed by atoms with Crippen LogP contribution >= 0.6 is 0 Å². The quantitative estimate of drug-likeness (QED) is 0.475. The van der Waals surface area contributed by atoms with Crippen LogP contribution in [0.2, 0.25) is 0 Å². The van der Waals surface area contributed by atoms with Crippen LogP contribution in [-0.4, -0.2) is 23.1 Å². The maximum Gasteiger partial charge on any atom is 0.410 e. The zero-order valence-corrected chi connectivity index (χ0v) is 18.4. The molecule has 0 aliphatic rings. The van der Waals surface area contributed by atoms with E-state index in [0.717, 1.165) is 22.6 Å². The average Bonchev–Trinajstić information content (AvgIpc) is 2.73. The summed E-state index contributed by atoms with van der Waals surface area (Å²) in [6.45, 7) is 6.71. The monoisotopic (exact) mass is 418 g/mol. The number of hydrogen-bond donors (Lipinski definition) is 1. The molecular formula is C26H30N2O3. The number of ether oxygens (including phenoxy) is 2. The summed E-state index contributed by atoms with van der Waals surface area (Å²) in [6.07, 6.45) is 0.411. The summed E-state index contributed by atoms with van der Waals surface area (Å²) in [5, 5.41) is 0. The second-order valence-corrected chi connectivity index (χ2v) is 8.45. The van der Waals surface area contributed by atoms with Crippen LogP contribution in [0.3, 0.4) is 0 Å². The molecule has 0 atom stereocenters. The first-order chi connectivity index (χ1) is 14.8. The molecule has 0 radical (unpaired) electrons. The van der Waals surface area contributed by atoms with Gasteiger partial charge in [-0.25, -0.2) is 4.79 Å². The minimum Gasteiger partial charge on any atom is -0.457 e. The predicted molar refractivity (Wildman–Crippen MR) is 124 cm³/mol. The van der Waals surface area contributed by atoms with E-state index in [4.69, 9.17) is 15.2 Å². The maximum absolute atomic E-state index is 12.7. The summed E-state index contributed by atoms with van der Waals surface area (Å²) < 4.78 is 11.5. The highest BCUT2D eigenvalue weighted by Gasteiger charge is 2.22. The predicted octanol–water partition coefficient (Wildman–Crippen LogP) is 6.04. The maximum atomic E-state index is 12.7. The molecule has 0 unspecified atom stereocenters. The number of hydrogen-bond acceptors (Lipinski definition) is 4. The molecule has 162 valence electrons. The fourth-order valence-electron chi connectivity index (χ4n) is 3.03. The van der Waals surface area contributed by atoms with E-state index in [2.05, 4.69) is 0 Å². The summed E-state index contributed by atoms with van der Waals surface area (Å²) in [7, 11) is 0. The normalized spacial score (nSPS) is 11.1. The Morgan fingerprint density at radius 1 is 0.839 bits per heavy atom. The van der Waals surface area contributed by atoms with Gasteiger partial charge in [0.1, 0.15) is 17.1 Å². The van der Waals surface area contributed by atoms with Gasteiger partial charge < -0.3 is 20.1 Å². The van der Waals surface area contributed by atoms with E-state index >= 15 is 0 Å². The minimum atomic E-state index is -0.535. The Kier molecular flexibility index (Phi) is 7.19. The second kappa shape index (κ2) is 10.0. The van der Waals surface area contributed by atoms with Gasteiger partial charge >= 0.3 is 6.09 Å². The molecule has 5 heteroatoms. The van der Waals surface area contributed by atoms with Crippen molar-refractivity contribution in [2.75, 3.05) is 12.3 Å². The number of amides is 1. The zero-order chi connectivity index (χ0) is 22.3. The van der Waals surface area contributed by atoms with Gasteiger partial charge in [0, 0.05) is 18.8 Å². The molecule has 3 rings (SSSR count). The largest absolute Gasteiger partial charge is 0.457 e. The summed E-state index contributed by atoms with van der Waals surface area (Å²) in [5.74, 6) is 1.49. The van der Waals surface area contributed by atoms with Gasteiger partial charge in [0.25, 0.3) is 0 Å². The van der Waals surface area contributed by atoms with Gasteiger partial charge in [-0.2, -0.15) is 0 Å². The Hall–Kier alpha value is -3.47. The molecule has 0 bridgehead atoms. The Morgan fingerprint density at radius 3 is 2.00 bits per heavy atom. The number of rotatable bonds is 7. The van der Waals surface area contributed by atoms with E-state index in [0.29, 0.717) is 25.2 Å². The third kappa shape index (κ3) is 7.37. The number of nitrogens with two attached hydrogens (primary N) is 1. The number of benzene rings is 3. The molecule has 0 aromatic heterocycles. The first kappa shape index (κ1) is 22.2. The highest BCUT2D eigenvalue weighted by atomic mass is 16.6. The lowest BCUT2D eigenvalue weighted by atomic mass is 10.1. The van der Waals surface area contributed by atoms with Gasteiger partial charge in [-0.3, -0.25) is 0 Å². The van der Waals surface area contributed by atoms with E-state index in [-0.39, 0.29) is 6.09 Å². The Bertz CT molecular complexity index is 962. The summed E-state index contributed by atoms with van der Waals surface area (Å²) >= 11 is 0. The third-order valence-electron chi connectivity index (χ3n) is 4.58. The summed E-state index contributed by atoms with van der Waals surface area (Å²) in [6, 6.07) is 25.1. The van der Waals surface area contributed by atoms with Gasteiger partial charge in [0.15, 0.2) is 0 Å². The van der Waals surface area contributed by atoms with Gasteiger partial charge in [0.2, 0.25) is 0 Å². The second-order valence-electron chi connectivity index (χ2n) is 8.45. The van der Waals surface area contributed by atoms with E-state index in [1.807, 2.05) is 99.6 Å².